The van der Waals surface area contributed by atoms with Crippen molar-refractivity contribution in [2.75, 3.05) is 13.1 Å². The topological polar surface area (TPSA) is 24.1 Å². The normalized spacial score (nSPS) is 23.5. The van der Waals surface area contributed by atoms with Crippen molar-refractivity contribution in [1.29, 1.82) is 0 Å². The zero-order valence-corrected chi connectivity index (χ0v) is 37.2. The van der Waals surface area contributed by atoms with Gasteiger partial charge in [0.25, 0.3) is 0 Å². The van der Waals surface area contributed by atoms with E-state index in [-0.39, 0.29) is 7.92 Å². The van der Waals surface area contributed by atoms with E-state index in [1.165, 1.54) is 72.6 Å². The Morgan fingerprint density at radius 2 is 1.06 bits per heavy atom. The van der Waals surface area contributed by atoms with Crippen LogP contribution in [0.15, 0.2) is 53.9 Å². The van der Waals surface area contributed by atoms with Gasteiger partial charge in [-0.2, -0.15) is 0 Å². The van der Waals surface area contributed by atoms with Crippen LogP contribution in [0.1, 0.15) is 141 Å². The van der Waals surface area contributed by atoms with Crippen LogP contribution in [0.5, 0.6) is 0 Å². The third kappa shape index (κ3) is 9.23. The second kappa shape index (κ2) is 18.6. The van der Waals surface area contributed by atoms with Crippen LogP contribution in [-0.2, 0) is 18.9 Å². The van der Waals surface area contributed by atoms with E-state index >= 15 is 0 Å². The van der Waals surface area contributed by atoms with Crippen molar-refractivity contribution < 1.29 is 13.5 Å². The van der Waals surface area contributed by atoms with Gasteiger partial charge in [-0.05, 0) is 77.0 Å². The molecular weight excluding hydrogens is 783 g/mol. The second-order valence-corrected chi connectivity index (χ2v) is 25.9. The van der Waals surface area contributed by atoms with Crippen LogP contribution < -0.4 is 10.6 Å². The van der Waals surface area contributed by atoms with Gasteiger partial charge in [0.2, 0.25) is 0 Å². The summed E-state index contributed by atoms with van der Waals surface area (Å²) in [6.45, 7) is 14.9. The molecule has 2 aromatic rings. The molecule has 52 heavy (non-hydrogen) atoms. The fraction of sp³-hybridized carbons (Fsp3) is 0.587. The fourth-order valence-corrected chi connectivity index (χ4v) is 19.0. The van der Waals surface area contributed by atoms with E-state index in [1.54, 1.807) is 96.3 Å². The molecule has 0 amide bonds. The van der Waals surface area contributed by atoms with E-state index in [0.717, 1.165) is 18.9 Å². The Hall–Kier alpha value is -1.24. The predicted molar refractivity (Wildman–Crippen MR) is 230 cm³/mol. The third-order valence-corrected chi connectivity index (χ3v) is 19.4. The van der Waals surface area contributed by atoms with Crippen molar-refractivity contribution in [3.05, 3.63) is 98.4 Å². The first-order valence-electron chi connectivity index (χ1n) is 20.6. The van der Waals surface area contributed by atoms with Crippen LogP contribution in [0.25, 0.3) is 5.57 Å². The summed E-state index contributed by atoms with van der Waals surface area (Å²) in [6, 6.07) is 9.08. The van der Waals surface area contributed by atoms with E-state index in [9.17, 15) is 0 Å². The number of rotatable bonds is 6. The van der Waals surface area contributed by atoms with E-state index < -0.39 is 18.9 Å². The number of aryl methyl sites for hydroxylation is 6. The molecule has 3 saturated carbocycles. The average molecular weight is 850 g/mol. The minimum atomic E-state index is -2.17. The van der Waals surface area contributed by atoms with Crippen molar-refractivity contribution in [3.8, 4) is 0 Å². The Labute approximate surface area is 331 Å². The van der Waals surface area contributed by atoms with E-state index in [1.807, 2.05) is 0 Å². The van der Waals surface area contributed by atoms with Crippen LogP contribution in [0.4, 0.5) is 0 Å². The van der Waals surface area contributed by atoms with Gasteiger partial charge in [-0.3, -0.25) is 0 Å². The third-order valence-electron chi connectivity index (χ3n) is 12.8. The predicted octanol–water partition coefficient (Wildman–Crippen LogP) is 12.8. The van der Waals surface area contributed by atoms with Crippen LogP contribution >= 0.6 is 27.3 Å². The summed E-state index contributed by atoms with van der Waals surface area (Å²) in [5, 5.41) is 7.26. The van der Waals surface area contributed by atoms with Crippen molar-refractivity contribution >= 4 is 37.5 Å². The molecule has 1 unspecified atom stereocenters. The summed E-state index contributed by atoms with van der Waals surface area (Å²) in [7, 11) is 13.3. The molecule has 2 aromatic carbocycles. The Balaban J connectivity index is 0.000000206. The molecule has 286 valence electrons. The molecule has 0 bridgehead atoms. The number of allylic oxidation sites excluding steroid dienone is 5. The monoisotopic (exact) mass is 849 g/mol. The first-order valence-corrected chi connectivity index (χ1v) is 27.8. The van der Waals surface area contributed by atoms with Crippen LogP contribution in [0, 0.1) is 41.5 Å². The molecule has 1 heterocycles. The number of halogens is 2. The van der Waals surface area contributed by atoms with Gasteiger partial charge in [-0.15, -0.1) is 0 Å². The molecule has 1 atom stereocenters. The maximum atomic E-state index is 6.67. The molecule has 7 rings (SSSR count). The van der Waals surface area contributed by atoms with Gasteiger partial charge in [0.05, 0.1) is 17.0 Å². The summed E-state index contributed by atoms with van der Waals surface area (Å²) in [5.41, 5.74) is 15.8. The van der Waals surface area contributed by atoms with Gasteiger partial charge in [-0.1, -0.05) is 19.3 Å². The summed E-state index contributed by atoms with van der Waals surface area (Å²) >= 11 is -2.17. The first kappa shape index (κ1) is 40.4. The summed E-state index contributed by atoms with van der Waals surface area (Å²) in [4.78, 5) is 0. The second-order valence-electron chi connectivity index (χ2n) is 16.8. The Morgan fingerprint density at radius 3 is 1.48 bits per heavy atom. The Bertz CT molecular complexity index is 1590. The summed E-state index contributed by atoms with van der Waals surface area (Å²) < 4.78 is 2.22. The molecule has 5 aliphatic rings. The van der Waals surface area contributed by atoms with Gasteiger partial charge in [0.15, 0.2) is 0 Å². The van der Waals surface area contributed by atoms with Crippen molar-refractivity contribution in [1.82, 2.24) is 10.6 Å². The van der Waals surface area contributed by atoms with E-state index in [4.69, 9.17) is 19.4 Å². The molecule has 4 aliphatic carbocycles. The molecule has 1 saturated heterocycles. The molecule has 2 N–H and O–H groups in total. The van der Waals surface area contributed by atoms with E-state index in [2.05, 4.69) is 99.3 Å². The Morgan fingerprint density at radius 1 is 0.635 bits per heavy atom. The fourth-order valence-electron chi connectivity index (χ4n) is 11.1. The van der Waals surface area contributed by atoms with Gasteiger partial charge in [0.1, 0.15) is 0 Å². The zero-order valence-electron chi connectivity index (χ0n) is 33.0. The maximum absolute atomic E-state index is 6.67. The molecule has 6 heteroatoms. The number of benzene rings is 2. The molecule has 0 spiro atoms. The zero-order chi connectivity index (χ0) is 36.8. The van der Waals surface area contributed by atoms with Crippen molar-refractivity contribution in [2.24, 2.45) is 0 Å². The summed E-state index contributed by atoms with van der Waals surface area (Å²) in [5.74, 6) is 1.07. The molecule has 1 aliphatic heterocycles. The average Bonchev–Trinajstić information content (AvgIpc) is 3.64. The van der Waals surface area contributed by atoms with Crippen molar-refractivity contribution in [3.63, 3.8) is 0 Å². The summed E-state index contributed by atoms with van der Waals surface area (Å²) in [6.07, 6.45) is 30.5. The number of hydrogen-bond acceptors (Lipinski definition) is 2. The Kier molecular flexibility index (Phi) is 14.5. The van der Waals surface area contributed by atoms with E-state index in [0.29, 0.717) is 0 Å². The SMILES string of the molecule is C1CCC([PH+](C2CCCCC2)C2CCCCC2)CC1.Cc1cc(C)c(C2=CC=CC([CH]=[Ru]([Cl])[Cl])(c3c(C)cc(C)cc3C)C2=C2NCCN2)c(C)c1. The van der Waals surface area contributed by atoms with Crippen LogP contribution in [0.3, 0.4) is 0 Å². The van der Waals surface area contributed by atoms with Gasteiger partial charge >= 0.3 is 212 Å². The quantitative estimate of drug-likeness (QED) is 0.224. The first-order chi connectivity index (χ1) is 25.1. The standard InChI is InChI=1S/C28H32N2.C18H33P.2ClH.Ru/c1-17-13-19(3)24(20(4)14-17)23-9-8-10-28(7,26(23)27-29-11-12-30-27)25-21(5)15-18(2)16-22(25)6;1-4-10-16(11-5-1)19(17-12-6-2-7-13-17)18-14-8-3-9-15-18;;;/h7-10,13-16,29-30H,11-12H2,1-6H3;16-18H,1-15H2;2*1H;/q;;;;+2/p-1. The molecule has 2 nitrogen and oxygen atoms in total. The molecular formula is C46H66Cl2N2PRu+. The van der Waals surface area contributed by atoms with Gasteiger partial charge in [-0.25, -0.2) is 0 Å². The molecule has 0 aromatic heterocycles. The van der Waals surface area contributed by atoms with Crippen molar-refractivity contribution in [2.45, 2.75) is 160 Å². The minimum absolute atomic E-state index is 0.0465. The van der Waals surface area contributed by atoms with Crippen LogP contribution in [-0.4, -0.2) is 34.7 Å². The number of hydrogen-bond donors (Lipinski definition) is 2. The molecule has 0 radical (unpaired) electrons. The van der Waals surface area contributed by atoms with Gasteiger partial charge in [0, 0.05) is 7.92 Å². The van der Waals surface area contributed by atoms with Crippen LogP contribution in [0.2, 0.25) is 0 Å². The van der Waals surface area contributed by atoms with Gasteiger partial charge < -0.3 is 0 Å². The molecule has 4 fully saturated rings. The number of nitrogens with one attached hydrogen (secondary N) is 2.